The zero-order valence-electron chi connectivity index (χ0n) is 25.5. The predicted octanol–water partition coefficient (Wildman–Crippen LogP) is 10.9. The molecule has 3 aromatic heterocycles. The van der Waals surface area contributed by atoms with E-state index in [0.29, 0.717) is 0 Å². The van der Waals surface area contributed by atoms with Crippen LogP contribution in [-0.4, -0.2) is 18.7 Å². The Morgan fingerprint density at radius 1 is 0.340 bits per heavy atom. The van der Waals surface area contributed by atoms with Gasteiger partial charge in [-0.1, -0.05) is 121 Å². The summed E-state index contributed by atoms with van der Waals surface area (Å²) in [4.78, 5) is 5.19. The summed E-state index contributed by atoms with van der Waals surface area (Å²) in [5.74, 6) is 0.920. The zero-order chi connectivity index (χ0) is 30.9. The first-order chi connectivity index (χ1) is 23.4. The molecule has 0 fully saturated rings. The first-order valence-electron chi connectivity index (χ1n) is 16.0. The second kappa shape index (κ2) is 10.1. The fourth-order valence-electron chi connectivity index (χ4n) is 7.49. The summed E-state index contributed by atoms with van der Waals surface area (Å²) >= 11 is 0. The van der Waals surface area contributed by atoms with Crippen LogP contribution in [0.3, 0.4) is 0 Å². The first kappa shape index (κ1) is 25.9. The standard InChI is InChI=1S/C43H28N4/c1-3-15-29(16-4-1)43-44-35-21-9-12-24-38(35)47(43)40-26-14-13-25-39(40)46-37-23-11-8-20-32(37)34-28-27-33-31-19-7-10-22-36(31)45(41(33)42(34)46)30-17-5-2-6-18-30/h1-28H. The van der Waals surface area contributed by atoms with Crippen LogP contribution in [0.4, 0.5) is 0 Å². The zero-order valence-corrected chi connectivity index (χ0v) is 25.5. The van der Waals surface area contributed by atoms with Crippen LogP contribution >= 0.6 is 0 Å². The Balaban J connectivity index is 1.40. The highest BCUT2D eigenvalue weighted by Gasteiger charge is 2.23. The summed E-state index contributed by atoms with van der Waals surface area (Å²) in [6, 6.07) is 60.6. The van der Waals surface area contributed by atoms with E-state index in [4.69, 9.17) is 4.98 Å². The van der Waals surface area contributed by atoms with Crippen molar-refractivity contribution in [1.82, 2.24) is 18.7 Å². The lowest BCUT2D eigenvalue weighted by Gasteiger charge is -2.18. The van der Waals surface area contributed by atoms with Gasteiger partial charge in [0, 0.05) is 32.8 Å². The maximum atomic E-state index is 5.19. The molecule has 0 amide bonds. The number of hydrogen-bond donors (Lipinski definition) is 0. The smallest absolute Gasteiger partial charge is 0.145 e. The molecular weight excluding hydrogens is 573 g/mol. The summed E-state index contributed by atoms with van der Waals surface area (Å²) in [5.41, 5.74) is 11.2. The molecule has 4 nitrogen and oxygen atoms in total. The molecule has 0 bridgehead atoms. The van der Waals surface area contributed by atoms with Crippen molar-refractivity contribution < 1.29 is 0 Å². The molecule has 220 valence electrons. The minimum absolute atomic E-state index is 0.920. The predicted molar refractivity (Wildman–Crippen MR) is 195 cm³/mol. The average Bonchev–Trinajstić information content (AvgIpc) is 3.80. The summed E-state index contributed by atoms with van der Waals surface area (Å²) in [6.45, 7) is 0. The Morgan fingerprint density at radius 2 is 0.830 bits per heavy atom. The number of para-hydroxylation sites is 7. The summed E-state index contributed by atoms with van der Waals surface area (Å²) in [7, 11) is 0. The van der Waals surface area contributed by atoms with Crippen molar-refractivity contribution in [2.45, 2.75) is 0 Å². The van der Waals surface area contributed by atoms with Crippen LogP contribution in [0.1, 0.15) is 0 Å². The third-order valence-corrected chi connectivity index (χ3v) is 9.44. The van der Waals surface area contributed by atoms with Gasteiger partial charge in [0.1, 0.15) is 5.82 Å². The van der Waals surface area contributed by atoms with E-state index in [2.05, 4.69) is 184 Å². The van der Waals surface area contributed by atoms with Gasteiger partial charge in [-0.15, -0.1) is 0 Å². The van der Waals surface area contributed by atoms with Gasteiger partial charge < -0.3 is 9.13 Å². The number of fused-ring (bicyclic) bond motifs is 8. The van der Waals surface area contributed by atoms with E-state index in [-0.39, 0.29) is 0 Å². The van der Waals surface area contributed by atoms with E-state index in [9.17, 15) is 0 Å². The quantitative estimate of drug-likeness (QED) is 0.197. The second-order valence-corrected chi connectivity index (χ2v) is 12.0. The van der Waals surface area contributed by atoms with Crippen LogP contribution in [0.25, 0.3) is 83.1 Å². The van der Waals surface area contributed by atoms with Crippen molar-refractivity contribution in [3.8, 4) is 28.5 Å². The molecule has 10 rings (SSSR count). The largest absolute Gasteiger partial charge is 0.307 e. The molecule has 0 atom stereocenters. The lowest BCUT2D eigenvalue weighted by Crippen LogP contribution is -2.05. The van der Waals surface area contributed by atoms with Gasteiger partial charge in [-0.05, 0) is 48.5 Å². The van der Waals surface area contributed by atoms with Crippen molar-refractivity contribution in [3.63, 3.8) is 0 Å². The average molecular weight is 601 g/mol. The highest BCUT2D eigenvalue weighted by atomic mass is 15.1. The highest BCUT2D eigenvalue weighted by molar-refractivity contribution is 6.24. The minimum atomic E-state index is 0.920. The van der Waals surface area contributed by atoms with Gasteiger partial charge in [0.2, 0.25) is 0 Å². The van der Waals surface area contributed by atoms with E-state index in [0.717, 1.165) is 45.0 Å². The summed E-state index contributed by atoms with van der Waals surface area (Å²) < 4.78 is 7.24. The molecule has 0 saturated heterocycles. The molecule has 4 heteroatoms. The van der Waals surface area contributed by atoms with Crippen molar-refractivity contribution in [3.05, 3.63) is 170 Å². The molecule has 7 aromatic carbocycles. The topological polar surface area (TPSA) is 27.7 Å². The van der Waals surface area contributed by atoms with Gasteiger partial charge in [-0.2, -0.15) is 0 Å². The van der Waals surface area contributed by atoms with Gasteiger partial charge >= 0.3 is 0 Å². The van der Waals surface area contributed by atoms with Crippen LogP contribution in [-0.2, 0) is 0 Å². The third kappa shape index (κ3) is 3.73. The molecule has 0 saturated carbocycles. The number of hydrogen-bond acceptors (Lipinski definition) is 1. The summed E-state index contributed by atoms with van der Waals surface area (Å²) in [5, 5.41) is 4.92. The Kier molecular flexibility index (Phi) is 5.54. The second-order valence-electron chi connectivity index (χ2n) is 12.0. The van der Waals surface area contributed by atoms with Gasteiger partial charge in [-0.3, -0.25) is 4.57 Å². The Labute approximate surface area is 271 Å². The Bertz CT molecular complexity index is 2780. The fraction of sp³-hybridized carbons (Fsp3) is 0. The van der Waals surface area contributed by atoms with Crippen LogP contribution in [0.5, 0.6) is 0 Å². The number of aromatic nitrogens is 4. The van der Waals surface area contributed by atoms with Gasteiger partial charge in [0.25, 0.3) is 0 Å². The molecule has 0 unspecified atom stereocenters. The van der Waals surface area contributed by atoms with Gasteiger partial charge in [0.15, 0.2) is 0 Å². The highest BCUT2D eigenvalue weighted by Crippen LogP contribution is 2.43. The number of nitrogens with zero attached hydrogens (tertiary/aromatic N) is 4. The monoisotopic (exact) mass is 600 g/mol. The van der Waals surface area contributed by atoms with E-state index >= 15 is 0 Å². The maximum Gasteiger partial charge on any atom is 0.145 e. The molecule has 0 aliphatic carbocycles. The Morgan fingerprint density at radius 3 is 1.51 bits per heavy atom. The van der Waals surface area contributed by atoms with Crippen LogP contribution in [0.2, 0.25) is 0 Å². The Hall–Kier alpha value is -6.39. The van der Waals surface area contributed by atoms with Crippen molar-refractivity contribution in [2.24, 2.45) is 0 Å². The molecule has 0 spiro atoms. The number of imidazole rings is 1. The first-order valence-corrected chi connectivity index (χ1v) is 16.0. The molecule has 47 heavy (non-hydrogen) atoms. The third-order valence-electron chi connectivity index (χ3n) is 9.44. The van der Waals surface area contributed by atoms with Crippen LogP contribution in [0.15, 0.2) is 170 Å². The molecule has 3 heterocycles. The van der Waals surface area contributed by atoms with E-state index in [1.807, 2.05) is 0 Å². The fourth-order valence-corrected chi connectivity index (χ4v) is 7.49. The number of benzene rings is 7. The van der Waals surface area contributed by atoms with E-state index in [1.54, 1.807) is 0 Å². The van der Waals surface area contributed by atoms with Gasteiger partial charge in [-0.25, -0.2) is 4.98 Å². The molecule has 0 aliphatic heterocycles. The molecule has 10 aromatic rings. The van der Waals surface area contributed by atoms with Crippen molar-refractivity contribution in [1.29, 1.82) is 0 Å². The van der Waals surface area contributed by atoms with Gasteiger partial charge in [0.05, 0.1) is 44.5 Å². The van der Waals surface area contributed by atoms with E-state index in [1.165, 1.54) is 38.1 Å². The SMILES string of the molecule is c1ccc(-c2nc3ccccc3n2-c2ccccc2-n2c3ccccc3c3ccc4c5ccccc5n(-c5ccccc5)c4c32)cc1. The normalized spacial score (nSPS) is 11.8. The summed E-state index contributed by atoms with van der Waals surface area (Å²) in [6.07, 6.45) is 0. The number of rotatable bonds is 4. The molecule has 0 N–H and O–H groups in total. The lowest BCUT2D eigenvalue weighted by atomic mass is 10.1. The van der Waals surface area contributed by atoms with Crippen LogP contribution in [0, 0.1) is 0 Å². The lowest BCUT2D eigenvalue weighted by molar-refractivity contribution is 1.05. The van der Waals surface area contributed by atoms with Crippen LogP contribution < -0.4 is 0 Å². The molecular formula is C43H28N4. The maximum absolute atomic E-state index is 5.19. The van der Waals surface area contributed by atoms with Crippen molar-refractivity contribution in [2.75, 3.05) is 0 Å². The van der Waals surface area contributed by atoms with E-state index < -0.39 is 0 Å². The molecule has 0 radical (unpaired) electrons. The minimum Gasteiger partial charge on any atom is -0.307 e. The van der Waals surface area contributed by atoms with Crippen molar-refractivity contribution >= 4 is 54.6 Å². The molecule has 0 aliphatic rings.